The van der Waals surface area contributed by atoms with Crippen molar-refractivity contribution in [1.82, 2.24) is 0 Å². The Morgan fingerprint density at radius 1 is 1.53 bits per heavy atom. The number of nitrogens with two attached hydrogens (primary N) is 1. The molecule has 92 valence electrons. The van der Waals surface area contributed by atoms with Gasteiger partial charge in [0.2, 0.25) is 5.91 Å². The molecule has 1 aromatic carbocycles. The molecule has 0 aromatic heterocycles. The van der Waals surface area contributed by atoms with E-state index in [-0.39, 0.29) is 6.42 Å². The van der Waals surface area contributed by atoms with Gasteiger partial charge in [-0.2, -0.15) is 0 Å². The number of hydrogen-bond acceptors (Lipinski definition) is 3. The van der Waals surface area contributed by atoms with Gasteiger partial charge in [0.05, 0.1) is 12.5 Å². The fourth-order valence-corrected chi connectivity index (χ4v) is 1.92. The van der Waals surface area contributed by atoms with Crippen molar-refractivity contribution < 1.29 is 14.7 Å². The number of benzene rings is 1. The number of nitrogens with one attached hydrogen (secondary N) is 1. The molecule has 4 N–H and O–H groups in total. The predicted octanol–water partition coefficient (Wildman–Crippen LogP) is 1.34. The molecule has 1 rings (SSSR count). The number of anilines is 1. The van der Waals surface area contributed by atoms with Crippen LogP contribution >= 0.6 is 22.6 Å². The molecule has 0 aliphatic carbocycles. The van der Waals surface area contributed by atoms with Crippen LogP contribution in [0.3, 0.4) is 0 Å². The molecule has 0 saturated carbocycles. The Bertz CT molecular complexity index is 448. The van der Waals surface area contributed by atoms with Crippen molar-refractivity contribution in [2.75, 3.05) is 5.32 Å². The number of aliphatic carboxylic acids is 1. The van der Waals surface area contributed by atoms with E-state index in [1.807, 2.05) is 19.1 Å². The molecular weight excluding hydrogens is 335 g/mol. The minimum Gasteiger partial charge on any atom is -0.481 e. The van der Waals surface area contributed by atoms with Gasteiger partial charge in [0.1, 0.15) is 0 Å². The average Bonchev–Trinajstić information content (AvgIpc) is 2.21. The maximum absolute atomic E-state index is 11.6. The first-order valence-corrected chi connectivity index (χ1v) is 6.02. The molecule has 0 radical (unpaired) electrons. The quantitative estimate of drug-likeness (QED) is 0.716. The maximum Gasteiger partial charge on any atom is 0.305 e. The Balaban J connectivity index is 2.71. The summed E-state index contributed by atoms with van der Waals surface area (Å²) in [5.41, 5.74) is 7.01. The van der Waals surface area contributed by atoms with Gasteiger partial charge >= 0.3 is 5.97 Å². The van der Waals surface area contributed by atoms with E-state index in [0.29, 0.717) is 5.69 Å². The largest absolute Gasteiger partial charge is 0.481 e. The molecule has 0 bridgehead atoms. The van der Waals surface area contributed by atoms with Crippen molar-refractivity contribution >= 4 is 40.2 Å². The summed E-state index contributed by atoms with van der Waals surface area (Å²) in [5.74, 6) is -1.58. The van der Waals surface area contributed by atoms with Crippen molar-refractivity contribution in [3.05, 3.63) is 27.3 Å². The van der Waals surface area contributed by atoms with E-state index in [9.17, 15) is 9.59 Å². The van der Waals surface area contributed by atoms with E-state index in [1.54, 1.807) is 6.07 Å². The van der Waals surface area contributed by atoms with Crippen LogP contribution in [0.2, 0.25) is 0 Å². The van der Waals surface area contributed by atoms with Gasteiger partial charge in [-0.05, 0) is 53.3 Å². The lowest BCUT2D eigenvalue weighted by Crippen LogP contribution is -2.37. The summed E-state index contributed by atoms with van der Waals surface area (Å²) >= 11 is 2.17. The van der Waals surface area contributed by atoms with Gasteiger partial charge in [0.25, 0.3) is 0 Å². The molecule has 0 saturated heterocycles. The molecule has 0 heterocycles. The lowest BCUT2D eigenvalue weighted by Gasteiger charge is -2.12. The van der Waals surface area contributed by atoms with E-state index < -0.39 is 17.9 Å². The molecule has 1 aromatic rings. The standard InChI is InChI=1S/C11H13IN2O3/c1-6-4-7(12)2-3-9(6)14-11(17)8(13)5-10(15)16/h2-4,8H,5,13H2,1H3,(H,14,17)(H,15,16). The number of carbonyl (C=O) groups is 2. The van der Waals surface area contributed by atoms with Crippen LogP contribution in [0.15, 0.2) is 18.2 Å². The van der Waals surface area contributed by atoms with Crippen LogP contribution in [0, 0.1) is 10.5 Å². The second kappa shape index (κ2) is 5.97. The Morgan fingerprint density at radius 2 is 2.18 bits per heavy atom. The van der Waals surface area contributed by atoms with Crippen molar-refractivity contribution in [2.45, 2.75) is 19.4 Å². The Labute approximate surface area is 113 Å². The van der Waals surface area contributed by atoms with Gasteiger partial charge in [0.15, 0.2) is 0 Å². The number of aryl methyl sites for hydroxylation is 1. The molecule has 0 aliphatic heterocycles. The van der Waals surface area contributed by atoms with Crippen LogP contribution in [-0.4, -0.2) is 23.0 Å². The van der Waals surface area contributed by atoms with E-state index in [2.05, 4.69) is 27.9 Å². The van der Waals surface area contributed by atoms with Crippen molar-refractivity contribution in [1.29, 1.82) is 0 Å². The monoisotopic (exact) mass is 348 g/mol. The van der Waals surface area contributed by atoms with Gasteiger partial charge in [-0.15, -0.1) is 0 Å². The molecule has 1 atom stereocenters. The average molecular weight is 348 g/mol. The van der Waals surface area contributed by atoms with Crippen LogP contribution in [-0.2, 0) is 9.59 Å². The zero-order chi connectivity index (χ0) is 13.0. The van der Waals surface area contributed by atoms with Crippen LogP contribution in [0.4, 0.5) is 5.69 Å². The molecular formula is C11H13IN2O3. The van der Waals surface area contributed by atoms with Crippen molar-refractivity contribution in [2.24, 2.45) is 5.73 Å². The van der Waals surface area contributed by atoms with Gasteiger partial charge in [-0.3, -0.25) is 9.59 Å². The van der Waals surface area contributed by atoms with Gasteiger partial charge in [0, 0.05) is 9.26 Å². The number of carboxylic acids is 1. The first kappa shape index (κ1) is 13.9. The molecule has 0 aliphatic rings. The molecule has 1 unspecified atom stereocenters. The lowest BCUT2D eigenvalue weighted by atomic mass is 10.1. The minimum atomic E-state index is -1.09. The third-order valence-electron chi connectivity index (χ3n) is 2.18. The number of halogens is 1. The van der Waals surface area contributed by atoms with E-state index in [0.717, 1.165) is 9.13 Å². The topological polar surface area (TPSA) is 92.4 Å². The summed E-state index contributed by atoms with van der Waals surface area (Å²) in [6.07, 6.45) is -0.380. The van der Waals surface area contributed by atoms with Gasteiger partial charge in [-0.25, -0.2) is 0 Å². The number of rotatable bonds is 4. The first-order valence-electron chi connectivity index (χ1n) is 4.94. The second-order valence-electron chi connectivity index (χ2n) is 3.65. The van der Waals surface area contributed by atoms with Crippen LogP contribution < -0.4 is 11.1 Å². The molecule has 17 heavy (non-hydrogen) atoms. The summed E-state index contributed by atoms with van der Waals surface area (Å²) in [4.78, 5) is 22.0. The van der Waals surface area contributed by atoms with Crippen LogP contribution in [0.1, 0.15) is 12.0 Å². The Kier molecular flexibility index (Phi) is 4.88. The second-order valence-corrected chi connectivity index (χ2v) is 4.90. The SMILES string of the molecule is Cc1cc(I)ccc1NC(=O)C(N)CC(=O)O. The molecule has 0 spiro atoms. The normalized spacial score (nSPS) is 11.9. The number of amides is 1. The van der Waals surface area contributed by atoms with Gasteiger partial charge in [-0.1, -0.05) is 0 Å². The van der Waals surface area contributed by atoms with Crippen molar-refractivity contribution in [3.63, 3.8) is 0 Å². The first-order chi connectivity index (χ1) is 7.90. The zero-order valence-electron chi connectivity index (χ0n) is 9.24. The maximum atomic E-state index is 11.6. The fraction of sp³-hybridized carbons (Fsp3) is 0.273. The highest BCUT2D eigenvalue weighted by atomic mass is 127. The minimum absolute atomic E-state index is 0.380. The highest BCUT2D eigenvalue weighted by Gasteiger charge is 2.17. The highest BCUT2D eigenvalue weighted by molar-refractivity contribution is 14.1. The number of hydrogen-bond donors (Lipinski definition) is 3. The van der Waals surface area contributed by atoms with E-state index >= 15 is 0 Å². The summed E-state index contributed by atoms with van der Waals surface area (Å²) in [6.45, 7) is 1.86. The number of carboxylic acid groups (broad SMARTS) is 1. The number of carbonyl (C=O) groups excluding carboxylic acids is 1. The lowest BCUT2D eigenvalue weighted by molar-refractivity contribution is -0.138. The summed E-state index contributed by atoms with van der Waals surface area (Å²) < 4.78 is 1.06. The van der Waals surface area contributed by atoms with Crippen molar-refractivity contribution in [3.8, 4) is 0 Å². The molecule has 1 amide bonds. The van der Waals surface area contributed by atoms with Crippen LogP contribution in [0.5, 0.6) is 0 Å². The summed E-state index contributed by atoms with van der Waals surface area (Å²) in [6, 6.07) is 4.50. The summed E-state index contributed by atoms with van der Waals surface area (Å²) in [7, 11) is 0. The highest BCUT2D eigenvalue weighted by Crippen LogP contribution is 2.17. The smallest absolute Gasteiger partial charge is 0.305 e. The van der Waals surface area contributed by atoms with E-state index in [4.69, 9.17) is 10.8 Å². The van der Waals surface area contributed by atoms with Crippen LogP contribution in [0.25, 0.3) is 0 Å². The van der Waals surface area contributed by atoms with Gasteiger partial charge < -0.3 is 16.2 Å². The molecule has 0 fully saturated rings. The van der Waals surface area contributed by atoms with E-state index in [1.165, 1.54) is 0 Å². The summed E-state index contributed by atoms with van der Waals surface area (Å²) in [5, 5.41) is 11.1. The zero-order valence-corrected chi connectivity index (χ0v) is 11.4. The molecule has 6 heteroatoms. The predicted molar refractivity (Wildman–Crippen MR) is 72.8 cm³/mol. The Hall–Kier alpha value is -1.15. The molecule has 5 nitrogen and oxygen atoms in total. The fourth-order valence-electron chi connectivity index (χ4n) is 1.27. The Morgan fingerprint density at radius 3 is 2.71 bits per heavy atom. The third kappa shape index (κ3) is 4.31. The third-order valence-corrected chi connectivity index (χ3v) is 2.85.